The minimum absolute atomic E-state index is 0.372. The number of nitrogens with zero attached hydrogens (tertiary/aromatic N) is 3. The summed E-state index contributed by atoms with van der Waals surface area (Å²) in [5.74, 6) is -0.508. The van der Waals surface area contributed by atoms with E-state index in [-0.39, 0.29) is 0 Å². The van der Waals surface area contributed by atoms with Crippen LogP contribution < -0.4 is 5.73 Å². The number of aromatic nitrogens is 3. The molecule has 0 spiro atoms. The molecule has 0 unspecified atom stereocenters. The van der Waals surface area contributed by atoms with Gasteiger partial charge in [-0.15, -0.1) is 22.7 Å². The lowest BCUT2D eigenvalue weighted by Crippen LogP contribution is -2.13. The Labute approximate surface area is 136 Å². The summed E-state index contributed by atoms with van der Waals surface area (Å²) >= 11 is 5.20. The summed E-state index contributed by atoms with van der Waals surface area (Å²) in [5, 5.41) is 4.62. The highest BCUT2D eigenvalue weighted by Gasteiger charge is 2.15. The molecule has 3 aromatic heterocycles. The minimum Gasteiger partial charge on any atom is -0.366 e. The Morgan fingerprint density at radius 1 is 1.20 bits per heavy atom. The molecule has 8 heteroatoms. The molecule has 3 rings (SSSR count). The van der Waals surface area contributed by atoms with Crippen LogP contribution >= 0.6 is 45.3 Å². The van der Waals surface area contributed by atoms with Crippen molar-refractivity contribution in [2.24, 2.45) is 5.73 Å². The van der Waals surface area contributed by atoms with Gasteiger partial charge < -0.3 is 5.73 Å². The fourth-order valence-corrected chi connectivity index (χ4v) is 3.66. The highest BCUT2D eigenvalue weighted by Crippen LogP contribution is 2.30. The zero-order chi connectivity index (χ0) is 14.1. The summed E-state index contributed by atoms with van der Waals surface area (Å²) in [4.78, 5) is 24.5. The average molecular weight is 414 g/mol. The van der Waals surface area contributed by atoms with Crippen molar-refractivity contribution in [3.05, 3.63) is 37.7 Å². The van der Waals surface area contributed by atoms with E-state index in [0.29, 0.717) is 17.0 Å². The van der Waals surface area contributed by atoms with Crippen molar-refractivity contribution in [1.82, 2.24) is 15.0 Å². The lowest BCUT2D eigenvalue weighted by Gasteiger charge is -2.01. The van der Waals surface area contributed by atoms with Crippen molar-refractivity contribution in [1.29, 1.82) is 0 Å². The van der Waals surface area contributed by atoms with Gasteiger partial charge in [-0.25, -0.2) is 9.97 Å². The summed E-state index contributed by atoms with van der Waals surface area (Å²) in [6, 6.07) is 3.33. The van der Waals surface area contributed by atoms with E-state index in [1.54, 1.807) is 29.7 Å². The molecule has 0 atom stereocenters. The van der Waals surface area contributed by atoms with E-state index < -0.39 is 5.91 Å². The van der Waals surface area contributed by atoms with Crippen LogP contribution in [0.15, 0.2) is 29.1 Å². The lowest BCUT2D eigenvalue weighted by molar-refractivity contribution is 0.100. The van der Waals surface area contributed by atoms with Crippen LogP contribution in [0.2, 0.25) is 0 Å². The van der Waals surface area contributed by atoms with Crippen LogP contribution in [-0.2, 0) is 0 Å². The van der Waals surface area contributed by atoms with Crippen LogP contribution in [0.5, 0.6) is 0 Å². The molecule has 0 bridgehead atoms. The number of nitrogens with two attached hydrogens (primary N) is 1. The van der Waals surface area contributed by atoms with E-state index in [2.05, 4.69) is 37.5 Å². The highest BCUT2D eigenvalue weighted by atomic mass is 127. The first-order valence-corrected chi connectivity index (χ1v) is 8.31. The topological polar surface area (TPSA) is 81.8 Å². The molecule has 0 radical (unpaired) electrons. The van der Waals surface area contributed by atoms with Crippen molar-refractivity contribution in [3.63, 3.8) is 0 Å². The van der Waals surface area contributed by atoms with Crippen LogP contribution in [0.4, 0.5) is 0 Å². The highest BCUT2D eigenvalue weighted by molar-refractivity contribution is 14.1. The van der Waals surface area contributed by atoms with Gasteiger partial charge in [-0.2, -0.15) is 0 Å². The molecule has 0 aliphatic heterocycles. The number of amides is 1. The summed E-state index contributed by atoms with van der Waals surface area (Å²) in [7, 11) is 0. The number of carbonyl (C=O) groups excluding carboxylic acids is 1. The first-order valence-electron chi connectivity index (χ1n) is 5.47. The number of hydrogen-bond donors (Lipinski definition) is 1. The minimum atomic E-state index is -0.508. The second kappa shape index (κ2) is 5.54. The molecule has 100 valence electrons. The average Bonchev–Trinajstić information content (AvgIpc) is 3.07. The number of halogens is 1. The molecule has 1 amide bonds. The standard InChI is InChI=1S/C12H7IN4OS2/c13-12-17-8(5-20-12)11-16-7(4-19-11)9-6(10(14)18)2-1-3-15-9/h1-5H,(H2,14,18). The van der Waals surface area contributed by atoms with Crippen molar-refractivity contribution in [2.45, 2.75) is 0 Å². The SMILES string of the molecule is NC(=O)c1cccnc1-c1csc(-c2csc(I)n2)n1. The van der Waals surface area contributed by atoms with Gasteiger partial charge in [0.15, 0.2) is 3.01 Å². The molecule has 5 nitrogen and oxygen atoms in total. The largest absolute Gasteiger partial charge is 0.366 e. The van der Waals surface area contributed by atoms with Gasteiger partial charge in [-0.3, -0.25) is 9.78 Å². The second-order valence-corrected chi connectivity index (χ2v) is 7.26. The van der Waals surface area contributed by atoms with Gasteiger partial charge in [0.25, 0.3) is 5.91 Å². The molecule has 2 N–H and O–H groups in total. The zero-order valence-electron chi connectivity index (χ0n) is 9.91. The monoisotopic (exact) mass is 414 g/mol. The normalized spacial score (nSPS) is 10.7. The van der Waals surface area contributed by atoms with Crippen molar-refractivity contribution in [3.8, 4) is 22.1 Å². The number of pyridine rings is 1. The quantitative estimate of drug-likeness (QED) is 0.668. The van der Waals surface area contributed by atoms with Gasteiger partial charge in [0.1, 0.15) is 22.1 Å². The van der Waals surface area contributed by atoms with Crippen molar-refractivity contribution >= 4 is 51.2 Å². The predicted octanol–water partition coefficient (Wildman–Crippen LogP) is 3.03. The Kier molecular flexibility index (Phi) is 3.76. The molecule has 20 heavy (non-hydrogen) atoms. The Morgan fingerprint density at radius 2 is 2.00 bits per heavy atom. The van der Waals surface area contributed by atoms with E-state index in [0.717, 1.165) is 13.7 Å². The van der Waals surface area contributed by atoms with Gasteiger partial charge in [0.05, 0.1) is 5.56 Å². The molecule has 0 aliphatic rings. The Bertz CT molecular complexity index is 783. The van der Waals surface area contributed by atoms with Gasteiger partial charge in [-0.1, -0.05) is 0 Å². The summed E-state index contributed by atoms with van der Waals surface area (Å²) in [5.41, 5.74) is 7.72. The van der Waals surface area contributed by atoms with Gasteiger partial charge in [0, 0.05) is 17.0 Å². The number of primary amides is 1. The van der Waals surface area contributed by atoms with Crippen molar-refractivity contribution < 1.29 is 4.79 Å². The fourth-order valence-electron chi connectivity index (χ4n) is 1.66. The lowest BCUT2D eigenvalue weighted by atomic mass is 10.1. The summed E-state index contributed by atoms with van der Waals surface area (Å²) in [6.07, 6.45) is 1.62. The third-order valence-electron chi connectivity index (χ3n) is 2.52. The molecular weight excluding hydrogens is 407 g/mol. The van der Waals surface area contributed by atoms with Crippen LogP contribution in [-0.4, -0.2) is 20.9 Å². The Balaban J connectivity index is 2.05. The molecule has 0 saturated heterocycles. The van der Waals surface area contributed by atoms with Crippen LogP contribution in [0.3, 0.4) is 0 Å². The first kappa shape index (κ1) is 13.6. The van der Waals surface area contributed by atoms with Crippen molar-refractivity contribution in [2.75, 3.05) is 0 Å². The third kappa shape index (κ3) is 2.58. The number of thiazole rings is 2. The van der Waals surface area contributed by atoms with Gasteiger partial charge in [0.2, 0.25) is 0 Å². The van der Waals surface area contributed by atoms with Gasteiger partial charge in [-0.05, 0) is 34.7 Å². The molecule has 3 aromatic rings. The van der Waals surface area contributed by atoms with E-state index in [1.807, 2.05) is 10.8 Å². The second-order valence-electron chi connectivity index (χ2n) is 3.79. The zero-order valence-corrected chi connectivity index (χ0v) is 13.7. The smallest absolute Gasteiger partial charge is 0.250 e. The van der Waals surface area contributed by atoms with E-state index in [9.17, 15) is 4.79 Å². The summed E-state index contributed by atoms with van der Waals surface area (Å²) < 4.78 is 0.963. The number of carbonyl (C=O) groups is 1. The molecule has 0 fully saturated rings. The molecular formula is C12H7IN4OS2. The number of rotatable bonds is 3. The Hall–Kier alpha value is -1.39. The van der Waals surface area contributed by atoms with E-state index >= 15 is 0 Å². The maximum atomic E-state index is 11.4. The molecule has 0 aromatic carbocycles. The Morgan fingerprint density at radius 3 is 2.70 bits per heavy atom. The summed E-state index contributed by atoms with van der Waals surface area (Å²) in [6.45, 7) is 0. The molecule has 0 saturated carbocycles. The maximum Gasteiger partial charge on any atom is 0.250 e. The van der Waals surface area contributed by atoms with Crippen LogP contribution in [0.25, 0.3) is 22.1 Å². The third-order valence-corrected chi connectivity index (χ3v) is 5.01. The van der Waals surface area contributed by atoms with Gasteiger partial charge >= 0.3 is 0 Å². The first-order chi connectivity index (χ1) is 9.65. The maximum absolute atomic E-state index is 11.4. The fraction of sp³-hybridized carbons (Fsp3) is 0. The molecule has 0 aliphatic carbocycles. The predicted molar refractivity (Wildman–Crippen MR) is 87.7 cm³/mol. The number of hydrogen-bond acceptors (Lipinski definition) is 6. The van der Waals surface area contributed by atoms with E-state index in [4.69, 9.17) is 5.73 Å². The van der Waals surface area contributed by atoms with E-state index in [1.165, 1.54) is 11.3 Å². The molecule has 3 heterocycles. The van der Waals surface area contributed by atoms with Crippen LogP contribution in [0, 0.1) is 3.01 Å². The van der Waals surface area contributed by atoms with Crippen LogP contribution in [0.1, 0.15) is 10.4 Å².